The predicted octanol–water partition coefficient (Wildman–Crippen LogP) is 5.01. The zero-order chi connectivity index (χ0) is 19.8. The number of rotatable bonds is 5. The summed E-state index contributed by atoms with van der Waals surface area (Å²) in [5, 5.41) is 3.14. The number of para-hydroxylation sites is 1. The average molecular weight is 389 g/mol. The number of likely N-dealkylation sites (tertiary alicyclic amines) is 1. The Balaban J connectivity index is 1.31. The minimum Gasteiger partial charge on any atom is -0.441 e. The van der Waals surface area contributed by atoms with Crippen molar-refractivity contribution in [3.63, 3.8) is 0 Å². The number of hydrogen-bond donors (Lipinski definition) is 1. The number of amides is 1. The molecule has 2 heterocycles. The van der Waals surface area contributed by atoms with Crippen LogP contribution in [-0.2, 0) is 11.3 Å². The number of benzene rings is 2. The van der Waals surface area contributed by atoms with Crippen molar-refractivity contribution in [3.8, 4) is 0 Å². The lowest BCUT2D eigenvalue weighted by atomic mass is 10.00. The second kappa shape index (κ2) is 7.64. The molecule has 1 amide bonds. The Morgan fingerprint density at radius 1 is 1.14 bits per heavy atom. The molecule has 1 aliphatic heterocycles. The molecule has 0 spiro atoms. The van der Waals surface area contributed by atoms with Crippen LogP contribution in [0.4, 0.5) is 5.69 Å². The summed E-state index contributed by atoms with van der Waals surface area (Å²) in [6.45, 7) is 3.49. The van der Waals surface area contributed by atoms with E-state index in [1.54, 1.807) is 0 Å². The molecule has 0 unspecified atom stereocenters. The summed E-state index contributed by atoms with van der Waals surface area (Å²) in [6.07, 6.45) is 5.67. The number of hydrogen-bond acceptors (Lipinski definition) is 4. The number of oxazole rings is 1. The Morgan fingerprint density at radius 2 is 1.97 bits per heavy atom. The summed E-state index contributed by atoms with van der Waals surface area (Å²) in [6, 6.07) is 14.3. The number of aryl methyl sites for hydroxylation is 1. The third-order valence-electron chi connectivity index (χ3n) is 6.12. The van der Waals surface area contributed by atoms with E-state index in [-0.39, 0.29) is 11.9 Å². The van der Waals surface area contributed by atoms with E-state index >= 15 is 0 Å². The van der Waals surface area contributed by atoms with Gasteiger partial charge in [0, 0.05) is 24.7 Å². The van der Waals surface area contributed by atoms with Gasteiger partial charge in [0.1, 0.15) is 5.52 Å². The van der Waals surface area contributed by atoms with Gasteiger partial charge in [0.25, 0.3) is 0 Å². The minimum atomic E-state index is -0.119. The molecule has 5 nitrogen and oxygen atoms in total. The van der Waals surface area contributed by atoms with Crippen LogP contribution in [0.15, 0.2) is 46.9 Å². The summed E-state index contributed by atoms with van der Waals surface area (Å²) in [5.74, 6) is 1.50. The maximum Gasteiger partial charge on any atom is 0.241 e. The summed E-state index contributed by atoms with van der Waals surface area (Å²) < 4.78 is 5.83. The number of nitrogens with zero attached hydrogens (tertiary/aromatic N) is 2. The number of piperidine rings is 1. The average Bonchev–Trinajstić information content (AvgIpc) is 3.50. The first-order chi connectivity index (χ1) is 14.2. The largest absolute Gasteiger partial charge is 0.441 e. The van der Waals surface area contributed by atoms with Crippen molar-refractivity contribution in [1.82, 2.24) is 9.88 Å². The lowest BCUT2D eigenvalue weighted by Crippen LogP contribution is -2.46. The fraction of sp³-hybridized carbons (Fsp3) is 0.417. The Labute approximate surface area is 171 Å². The number of anilines is 1. The van der Waals surface area contributed by atoms with Crippen molar-refractivity contribution in [2.45, 2.75) is 57.5 Å². The highest BCUT2D eigenvalue weighted by molar-refractivity contribution is 5.95. The topological polar surface area (TPSA) is 58.4 Å². The van der Waals surface area contributed by atoms with Crippen molar-refractivity contribution >= 4 is 22.7 Å². The molecule has 5 rings (SSSR count). The van der Waals surface area contributed by atoms with Gasteiger partial charge in [0.2, 0.25) is 5.91 Å². The highest BCUT2D eigenvalue weighted by Gasteiger charge is 2.29. The molecule has 2 aliphatic rings. The van der Waals surface area contributed by atoms with E-state index < -0.39 is 0 Å². The predicted molar refractivity (Wildman–Crippen MR) is 114 cm³/mol. The lowest BCUT2D eigenvalue weighted by molar-refractivity contribution is -0.122. The van der Waals surface area contributed by atoms with Crippen LogP contribution < -0.4 is 5.32 Å². The van der Waals surface area contributed by atoms with Crippen molar-refractivity contribution in [1.29, 1.82) is 0 Å². The molecule has 1 N–H and O–H groups in total. The van der Waals surface area contributed by atoms with Gasteiger partial charge in [0.15, 0.2) is 11.5 Å². The Bertz CT molecular complexity index is 1020. The standard InChI is InChI=1S/C24H27N3O2/c1-16-25-21-6-4-5-19(23(21)29-16)15-27-14-3-2-7-22(27)24(28)26-20-12-10-18(11-13-20)17-8-9-17/h4-6,10-13,17,22H,2-3,7-9,14-15H2,1H3,(H,26,28)/t22-/m1/s1. The van der Waals surface area contributed by atoms with Crippen LogP contribution in [0.2, 0.25) is 0 Å². The Kier molecular flexibility index (Phi) is 4.84. The number of nitrogens with one attached hydrogen (secondary N) is 1. The lowest BCUT2D eigenvalue weighted by Gasteiger charge is -2.34. The van der Waals surface area contributed by atoms with Crippen molar-refractivity contribution in [2.75, 3.05) is 11.9 Å². The summed E-state index contributed by atoms with van der Waals surface area (Å²) in [5.41, 5.74) is 5.09. The van der Waals surface area contributed by atoms with E-state index in [2.05, 4.69) is 33.4 Å². The van der Waals surface area contributed by atoms with E-state index in [9.17, 15) is 4.79 Å². The third-order valence-corrected chi connectivity index (χ3v) is 6.12. The van der Waals surface area contributed by atoms with Gasteiger partial charge in [-0.05, 0) is 61.9 Å². The van der Waals surface area contributed by atoms with Crippen LogP contribution in [0.5, 0.6) is 0 Å². The van der Waals surface area contributed by atoms with Crippen molar-refractivity contribution < 1.29 is 9.21 Å². The molecule has 29 heavy (non-hydrogen) atoms. The first-order valence-electron chi connectivity index (χ1n) is 10.7. The quantitative estimate of drug-likeness (QED) is 0.667. The van der Waals surface area contributed by atoms with Crippen LogP contribution in [0.3, 0.4) is 0 Å². The first-order valence-corrected chi connectivity index (χ1v) is 10.7. The van der Waals surface area contributed by atoms with Gasteiger partial charge in [0.05, 0.1) is 6.04 Å². The number of aromatic nitrogens is 1. The molecule has 1 saturated carbocycles. The molecular weight excluding hydrogens is 362 g/mol. The molecule has 150 valence electrons. The number of carbonyl (C=O) groups is 1. The highest BCUT2D eigenvalue weighted by Crippen LogP contribution is 2.40. The zero-order valence-electron chi connectivity index (χ0n) is 16.9. The fourth-order valence-corrected chi connectivity index (χ4v) is 4.42. The van der Waals surface area contributed by atoms with E-state index in [0.29, 0.717) is 12.4 Å². The minimum absolute atomic E-state index is 0.0878. The molecule has 2 aromatic carbocycles. The third kappa shape index (κ3) is 3.92. The molecule has 3 aromatic rings. The van der Waals surface area contributed by atoms with Gasteiger partial charge < -0.3 is 9.73 Å². The molecule has 1 atom stereocenters. The number of fused-ring (bicyclic) bond motifs is 1. The molecule has 1 aromatic heterocycles. The molecule has 2 fully saturated rings. The summed E-state index contributed by atoms with van der Waals surface area (Å²) >= 11 is 0. The maximum absolute atomic E-state index is 13.1. The van der Waals surface area contributed by atoms with Crippen LogP contribution in [-0.4, -0.2) is 28.4 Å². The fourth-order valence-electron chi connectivity index (χ4n) is 4.42. The zero-order valence-corrected chi connectivity index (χ0v) is 16.9. The van der Waals surface area contributed by atoms with E-state index in [0.717, 1.165) is 54.1 Å². The molecule has 0 bridgehead atoms. The molecule has 5 heteroatoms. The first kappa shape index (κ1) is 18.4. The van der Waals surface area contributed by atoms with Gasteiger partial charge in [-0.25, -0.2) is 4.98 Å². The Morgan fingerprint density at radius 3 is 2.76 bits per heavy atom. The smallest absolute Gasteiger partial charge is 0.241 e. The van der Waals surface area contributed by atoms with Gasteiger partial charge in [-0.3, -0.25) is 9.69 Å². The van der Waals surface area contributed by atoms with Crippen LogP contribution in [0.25, 0.3) is 11.1 Å². The second-order valence-corrected chi connectivity index (χ2v) is 8.37. The van der Waals surface area contributed by atoms with Crippen molar-refractivity contribution in [3.05, 3.63) is 59.5 Å². The Hall–Kier alpha value is -2.66. The van der Waals surface area contributed by atoms with Gasteiger partial charge >= 0.3 is 0 Å². The van der Waals surface area contributed by atoms with Gasteiger partial charge in [-0.15, -0.1) is 0 Å². The summed E-state index contributed by atoms with van der Waals surface area (Å²) in [7, 11) is 0. The van der Waals surface area contributed by atoms with E-state index in [1.165, 1.54) is 18.4 Å². The van der Waals surface area contributed by atoms with E-state index in [4.69, 9.17) is 4.42 Å². The monoisotopic (exact) mass is 389 g/mol. The number of carbonyl (C=O) groups excluding carboxylic acids is 1. The molecule has 0 radical (unpaired) electrons. The van der Waals surface area contributed by atoms with E-state index in [1.807, 2.05) is 31.2 Å². The SMILES string of the molecule is Cc1nc2cccc(CN3CCCC[C@@H]3C(=O)Nc3ccc(C4CC4)cc3)c2o1. The van der Waals surface area contributed by atoms with Gasteiger partial charge in [-0.2, -0.15) is 0 Å². The molecular formula is C24H27N3O2. The van der Waals surface area contributed by atoms with Crippen LogP contribution in [0, 0.1) is 6.92 Å². The molecule has 1 aliphatic carbocycles. The highest BCUT2D eigenvalue weighted by atomic mass is 16.3. The second-order valence-electron chi connectivity index (χ2n) is 8.37. The van der Waals surface area contributed by atoms with Crippen LogP contribution >= 0.6 is 0 Å². The van der Waals surface area contributed by atoms with Gasteiger partial charge in [-0.1, -0.05) is 30.7 Å². The maximum atomic E-state index is 13.1. The van der Waals surface area contributed by atoms with Crippen molar-refractivity contribution in [2.24, 2.45) is 0 Å². The summed E-state index contributed by atoms with van der Waals surface area (Å²) in [4.78, 5) is 19.8. The van der Waals surface area contributed by atoms with Crippen LogP contribution in [0.1, 0.15) is 55.0 Å². The normalized spacial score (nSPS) is 20.1. The molecule has 1 saturated heterocycles.